The van der Waals surface area contributed by atoms with Gasteiger partial charge in [0, 0.05) is 30.5 Å². The van der Waals surface area contributed by atoms with E-state index in [2.05, 4.69) is 17.3 Å². The number of aliphatic hydroxyl groups is 1. The molecule has 2 bridgehead atoms. The number of hydrogen-bond donors (Lipinski definition) is 2. The van der Waals surface area contributed by atoms with Crippen LogP contribution in [0.15, 0.2) is 0 Å². The Morgan fingerprint density at radius 3 is 2.74 bits per heavy atom. The summed E-state index contributed by atoms with van der Waals surface area (Å²) in [4.78, 5) is 14.9. The van der Waals surface area contributed by atoms with Gasteiger partial charge in [-0.3, -0.25) is 4.79 Å². The Hall–Kier alpha value is -0.730. The second-order valence-electron chi connectivity index (χ2n) is 11.7. The van der Waals surface area contributed by atoms with Crippen LogP contribution in [0.25, 0.3) is 0 Å². The summed E-state index contributed by atoms with van der Waals surface area (Å²) < 4.78 is 18.8. The molecule has 5 rings (SSSR count). The van der Waals surface area contributed by atoms with Gasteiger partial charge in [-0.25, -0.2) is 0 Å². The van der Waals surface area contributed by atoms with Gasteiger partial charge in [-0.05, 0) is 78.8 Å². The number of nitrogens with zero attached hydrogens (tertiary/aromatic N) is 1. The summed E-state index contributed by atoms with van der Waals surface area (Å²) in [7, 11) is 4.12. The molecule has 0 aromatic carbocycles. The number of carbonyl (C=O) groups is 1. The number of aliphatic hydroxyl groups excluding tert-OH is 1. The molecular weight excluding hydrogens is 396 g/mol. The number of likely N-dealkylation sites (tertiary alicyclic amines) is 1. The highest BCUT2D eigenvalue weighted by Gasteiger charge is 2.77. The molecule has 7 heteroatoms. The van der Waals surface area contributed by atoms with Gasteiger partial charge in [0.2, 0.25) is 0 Å². The summed E-state index contributed by atoms with van der Waals surface area (Å²) >= 11 is 0. The fourth-order valence-electron chi connectivity index (χ4n) is 8.36. The highest BCUT2D eigenvalue weighted by atomic mass is 16.6. The zero-order chi connectivity index (χ0) is 22.2. The van der Waals surface area contributed by atoms with Gasteiger partial charge in [-0.2, -0.15) is 0 Å². The van der Waals surface area contributed by atoms with Crippen LogP contribution in [0.1, 0.15) is 59.3 Å². The van der Waals surface area contributed by atoms with Gasteiger partial charge in [-0.15, -0.1) is 0 Å². The molecule has 2 saturated heterocycles. The van der Waals surface area contributed by atoms with Crippen LogP contribution in [0.5, 0.6) is 0 Å². The lowest BCUT2D eigenvalue weighted by atomic mass is 9.42. The smallest absolute Gasteiger partial charge is 0.320 e. The lowest BCUT2D eigenvalue weighted by Gasteiger charge is -2.69. The van der Waals surface area contributed by atoms with E-state index in [0.29, 0.717) is 17.9 Å². The third-order valence-corrected chi connectivity index (χ3v) is 9.23. The van der Waals surface area contributed by atoms with Crippen molar-refractivity contribution in [2.24, 2.45) is 17.3 Å². The molecule has 9 atom stereocenters. The highest BCUT2D eigenvalue weighted by Crippen LogP contribution is 2.70. The summed E-state index contributed by atoms with van der Waals surface area (Å²) in [6.07, 6.45) is 5.32. The molecule has 31 heavy (non-hydrogen) atoms. The molecule has 176 valence electrons. The van der Waals surface area contributed by atoms with Crippen molar-refractivity contribution in [1.82, 2.24) is 10.2 Å². The van der Waals surface area contributed by atoms with Crippen LogP contribution in [0.3, 0.4) is 0 Å². The van der Waals surface area contributed by atoms with Gasteiger partial charge in [-0.1, -0.05) is 0 Å². The maximum atomic E-state index is 12.4. The van der Waals surface area contributed by atoms with E-state index < -0.39 is 11.7 Å². The molecule has 1 spiro atoms. The first kappa shape index (κ1) is 22.1. The quantitative estimate of drug-likeness (QED) is 0.650. The first-order chi connectivity index (χ1) is 14.6. The Balaban J connectivity index is 1.47. The molecule has 0 aromatic heterocycles. The van der Waals surface area contributed by atoms with Crippen molar-refractivity contribution in [1.29, 1.82) is 0 Å². The number of methoxy groups -OCH3 is 1. The molecule has 0 aromatic rings. The lowest BCUT2D eigenvalue weighted by Crippen LogP contribution is -2.78. The summed E-state index contributed by atoms with van der Waals surface area (Å²) in [5.41, 5.74) is -0.852. The Kier molecular flexibility index (Phi) is 5.26. The summed E-state index contributed by atoms with van der Waals surface area (Å²) in [5, 5.41) is 14.4. The van der Waals surface area contributed by atoms with Gasteiger partial charge >= 0.3 is 5.97 Å². The first-order valence-electron chi connectivity index (χ1n) is 12.2. The van der Waals surface area contributed by atoms with E-state index in [9.17, 15) is 9.90 Å². The van der Waals surface area contributed by atoms with Gasteiger partial charge in [0.15, 0.2) is 0 Å². The number of nitrogens with one attached hydrogen (secondary N) is 1. The average molecular weight is 437 g/mol. The van der Waals surface area contributed by atoms with E-state index in [4.69, 9.17) is 14.2 Å². The Morgan fingerprint density at radius 2 is 2.03 bits per heavy atom. The monoisotopic (exact) mass is 436 g/mol. The Morgan fingerprint density at radius 1 is 1.26 bits per heavy atom. The molecule has 2 aliphatic heterocycles. The molecule has 7 nitrogen and oxygen atoms in total. The van der Waals surface area contributed by atoms with Gasteiger partial charge in [0.25, 0.3) is 0 Å². The second kappa shape index (κ2) is 7.39. The van der Waals surface area contributed by atoms with E-state index >= 15 is 0 Å². The SMILES string of the molecule is CO[C@]12CC[C@@H](NCC(=O)OC(C)(C)C)[C@@H]3OC4C(O)CCC5CC1N(C)CC[C@]32C54. The first-order valence-corrected chi connectivity index (χ1v) is 12.2. The molecule has 5 aliphatic rings. The molecule has 0 radical (unpaired) electrons. The molecular formula is C24H40N2O5. The van der Waals surface area contributed by atoms with Crippen LogP contribution in [0.4, 0.5) is 0 Å². The zero-order valence-corrected chi connectivity index (χ0v) is 19.7. The average Bonchev–Trinajstić information content (AvgIpc) is 3.05. The topological polar surface area (TPSA) is 80.3 Å². The normalized spacial score (nSPS) is 48.9. The largest absolute Gasteiger partial charge is 0.459 e. The Labute approximate surface area is 186 Å². The number of ether oxygens (including phenoxy) is 3. The molecule has 2 heterocycles. The van der Waals surface area contributed by atoms with Crippen LogP contribution in [-0.4, -0.2) is 84.8 Å². The second-order valence-corrected chi connectivity index (χ2v) is 11.7. The number of rotatable bonds is 4. The van der Waals surface area contributed by atoms with Crippen molar-refractivity contribution in [2.75, 3.05) is 27.2 Å². The minimum absolute atomic E-state index is 0.0506. The third-order valence-electron chi connectivity index (χ3n) is 9.23. The standard InChI is InChI=1S/C24H40N2O5/c1-22(2,3)31-18(28)13-25-15-8-9-24(29-5)17-12-14-6-7-16(27)20-19(14)23(24,21(15)30-20)10-11-26(17)4/h14-17,19-21,25,27H,6-13H2,1-5H3/t14?,15-,16?,17?,19?,20?,21+,23+,24-/m1/s1. The van der Waals surface area contributed by atoms with Crippen molar-refractivity contribution >= 4 is 5.97 Å². The van der Waals surface area contributed by atoms with E-state index in [1.807, 2.05) is 27.9 Å². The molecule has 0 amide bonds. The molecule has 5 unspecified atom stereocenters. The summed E-state index contributed by atoms with van der Waals surface area (Å²) in [6.45, 7) is 6.89. The maximum Gasteiger partial charge on any atom is 0.320 e. The minimum atomic E-state index is -0.490. The number of hydrogen-bond acceptors (Lipinski definition) is 7. The van der Waals surface area contributed by atoms with Crippen LogP contribution in [0, 0.1) is 17.3 Å². The minimum Gasteiger partial charge on any atom is -0.459 e. The summed E-state index contributed by atoms with van der Waals surface area (Å²) in [6, 6.07) is 0.454. The predicted octanol–water partition coefficient (Wildman–Crippen LogP) is 1.71. The van der Waals surface area contributed by atoms with E-state index in [-0.39, 0.29) is 41.8 Å². The van der Waals surface area contributed by atoms with Crippen molar-refractivity contribution in [2.45, 2.75) is 101 Å². The van der Waals surface area contributed by atoms with E-state index in [1.165, 1.54) is 0 Å². The van der Waals surface area contributed by atoms with E-state index in [0.717, 1.165) is 45.1 Å². The molecule has 3 aliphatic carbocycles. The fraction of sp³-hybridized carbons (Fsp3) is 0.958. The van der Waals surface area contributed by atoms with Crippen molar-refractivity contribution in [3.63, 3.8) is 0 Å². The number of likely N-dealkylation sites (N-methyl/N-ethyl adjacent to an activating group) is 1. The molecule has 2 N–H and O–H groups in total. The fourth-order valence-corrected chi connectivity index (χ4v) is 8.36. The highest BCUT2D eigenvalue weighted by molar-refractivity contribution is 5.72. The van der Waals surface area contributed by atoms with E-state index in [1.54, 1.807) is 0 Å². The molecule has 3 saturated carbocycles. The zero-order valence-electron chi connectivity index (χ0n) is 19.7. The Bertz CT molecular complexity index is 725. The van der Waals surface area contributed by atoms with Crippen molar-refractivity contribution < 1.29 is 24.1 Å². The number of esters is 1. The van der Waals surface area contributed by atoms with Crippen molar-refractivity contribution in [3.05, 3.63) is 0 Å². The maximum absolute atomic E-state index is 12.4. The number of carbonyl (C=O) groups excluding carboxylic acids is 1. The predicted molar refractivity (Wildman–Crippen MR) is 116 cm³/mol. The van der Waals surface area contributed by atoms with Crippen LogP contribution >= 0.6 is 0 Å². The summed E-state index contributed by atoms with van der Waals surface area (Å²) in [5.74, 6) is 0.670. The number of piperidine rings is 1. The lowest BCUT2D eigenvalue weighted by molar-refractivity contribution is -0.269. The molecule has 5 fully saturated rings. The van der Waals surface area contributed by atoms with Crippen molar-refractivity contribution in [3.8, 4) is 0 Å². The van der Waals surface area contributed by atoms with Gasteiger partial charge in [0.05, 0.1) is 30.5 Å². The van der Waals surface area contributed by atoms with Crippen LogP contribution in [0.2, 0.25) is 0 Å². The van der Waals surface area contributed by atoms with Gasteiger partial charge in [0.1, 0.15) is 5.60 Å². The third kappa shape index (κ3) is 3.07. The van der Waals surface area contributed by atoms with Crippen LogP contribution < -0.4 is 5.32 Å². The van der Waals surface area contributed by atoms with Gasteiger partial charge < -0.3 is 29.5 Å². The van der Waals surface area contributed by atoms with Crippen LogP contribution in [-0.2, 0) is 19.0 Å².